The number of nitrogens with one attached hydrogen (secondary N) is 1. The summed E-state index contributed by atoms with van der Waals surface area (Å²) in [5.41, 5.74) is 4.04. The third kappa shape index (κ3) is 4.94. The van der Waals surface area contributed by atoms with E-state index in [1.165, 1.54) is 0 Å². The zero-order valence-corrected chi connectivity index (χ0v) is 15.5. The molecule has 0 bridgehead atoms. The summed E-state index contributed by atoms with van der Waals surface area (Å²) in [5, 5.41) is 4.93. The minimum absolute atomic E-state index is 0.352. The zero-order valence-electron chi connectivity index (χ0n) is 15.5. The molecule has 1 N–H and O–H groups in total. The Kier molecular flexibility index (Phi) is 6.36. The topological polar surface area (TPSA) is 72.8 Å². The van der Waals surface area contributed by atoms with Crippen LogP contribution in [-0.2, 0) is 4.79 Å². The molecule has 1 heterocycles. The number of pyridine rings is 1. The van der Waals surface area contributed by atoms with E-state index in [1.54, 1.807) is 31.5 Å². The van der Waals surface area contributed by atoms with E-state index in [4.69, 9.17) is 9.47 Å². The van der Waals surface area contributed by atoms with Gasteiger partial charge in [0, 0.05) is 11.6 Å². The molecule has 1 amide bonds. The van der Waals surface area contributed by atoms with Crippen LogP contribution in [0.2, 0.25) is 0 Å². The van der Waals surface area contributed by atoms with Crippen molar-refractivity contribution in [2.24, 2.45) is 5.10 Å². The van der Waals surface area contributed by atoms with Gasteiger partial charge in [0.2, 0.25) is 0 Å². The predicted octanol–water partition coefficient (Wildman–Crippen LogP) is 3.72. The number of carbonyl (C=O) groups is 1. The van der Waals surface area contributed by atoms with Gasteiger partial charge in [-0.2, -0.15) is 5.10 Å². The van der Waals surface area contributed by atoms with Crippen molar-refractivity contribution in [3.63, 3.8) is 0 Å². The van der Waals surface area contributed by atoms with Crippen molar-refractivity contribution >= 4 is 23.0 Å². The van der Waals surface area contributed by atoms with E-state index >= 15 is 0 Å². The van der Waals surface area contributed by atoms with E-state index in [0.717, 1.165) is 16.7 Å². The van der Waals surface area contributed by atoms with Gasteiger partial charge in [0.15, 0.2) is 6.10 Å². The molecule has 1 unspecified atom stereocenters. The van der Waals surface area contributed by atoms with Gasteiger partial charge >= 0.3 is 0 Å². The summed E-state index contributed by atoms with van der Waals surface area (Å²) in [5.74, 6) is 0.946. The monoisotopic (exact) mass is 375 g/mol. The van der Waals surface area contributed by atoms with Crippen LogP contribution >= 0.6 is 0 Å². The smallest absolute Gasteiger partial charge is 0.280 e. The lowest BCUT2D eigenvalue weighted by atomic mass is 10.2. The van der Waals surface area contributed by atoms with Gasteiger partial charge in [0.05, 0.1) is 6.21 Å². The van der Waals surface area contributed by atoms with Crippen LogP contribution in [0.4, 0.5) is 0 Å². The molecule has 0 saturated heterocycles. The quantitative estimate of drug-likeness (QED) is 0.370. The molecule has 0 aliphatic carbocycles. The van der Waals surface area contributed by atoms with Crippen molar-refractivity contribution in [2.45, 2.75) is 13.0 Å². The maximum absolute atomic E-state index is 12.2. The van der Waals surface area contributed by atoms with Gasteiger partial charge < -0.3 is 9.47 Å². The molecule has 6 heteroatoms. The number of hydrogen-bond acceptors (Lipinski definition) is 5. The highest BCUT2D eigenvalue weighted by atomic mass is 16.5. The first kappa shape index (κ1) is 19.1. The van der Waals surface area contributed by atoms with Crippen LogP contribution in [0.15, 0.2) is 78.6 Å². The van der Waals surface area contributed by atoms with Crippen LogP contribution in [0.25, 0.3) is 10.9 Å². The molecule has 0 aliphatic rings. The molecular formula is C22H21N3O3. The normalized spacial score (nSPS) is 11.9. The van der Waals surface area contributed by atoms with Gasteiger partial charge in [-0.25, -0.2) is 5.43 Å². The fraction of sp³-hybridized carbons (Fsp3) is 0.136. The molecule has 0 saturated carbocycles. The number of fused-ring (bicyclic) bond motifs is 1. The van der Waals surface area contributed by atoms with Crippen molar-refractivity contribution in [2.75, 3.05) is 6.61 Å². The molecule has 3 rings (SSSR count). The molecule has 1 aromatic heterocycles. The number of aromatic nitrogens is 1. The molecule has 0 fully saturated rings. The molecule has 1 atom stereocenters. The number of rotatable bonds is 8. The first-order valence-corrected chi connectivity index (χ1v) is 8.84. The molecule has 28 heavy (non-hydrogen) atoms. The SMILES string of the molecule is C=CCOc1ccc(C=NNC(=O)C(C)Oc2cccc3cccnc23)cc1. The minimum Gasteiger partial charge on any atom is -0.490 e. The van der Waals surface area contributed by atoms with E-state index in [9.17, 15) is 4.79 Å². The largest absolute Gasteiger partial charge is 0.490 e. The molecule has 6 nitrogen and oxygen atoms in total. The number of ether oxygens (including phenoxy) is 2. The van der Waals surface area contributed by atoms with Crippen LogP contribution in [0.5, 0.6) is 11.5 Å². The van der Waals surface area contributed by atoms with Crippen LogP contribution < -0.4 is 14.9 Å². The Labute approximate surface area is 163 Å². The lowest BCUT2D eigenvalue weighted by molar-refractivity contribution is -0.127. The molecule has 0 aliphatic heterocycles. The highest BCUT2D eigenvalue weighted by Crippen LogP contribution is 2.23. The first-order chi connectivity index (χ1) is 13.7. The molecule has 142 valence electrons. The summed E-state index contributed by atoms with van der Waals surface area (Å²) >= 11 is 0. The van der Waals surface area contributed by atoms with Crippen molar-refractivity contribution in [1.29, 1.82) is 0 Å². The first-order valence-electron chi connectivity index (χ1n) is 8.84. The summed E-state index contributed by atoms with van der Waals surface area (Å²) in [7, 11) is 0. The molecule has 3 aromatic rings. The Morgan fingerprint density at radius 3 is 2.79 bits per heavy atom. The van der Waals surface area contributed by atoms with E-state index < -0.39 is 6.10 Å². The Balaban J connectivity index is 1.56. The highest BCUT2D eigenvalue weighted by Gasteiger charge is 2.15. The van der Waals surface area contributed by atoms with Gasteiger partial charge in [0.25, 0.3) is 5.91 Å². The number of amides is 1. The average molecular weight is 375 g/mol. The second kappa shape index (κ2) is 9.32. The van der Waals surface area contributed by atoms with Crippen LogP contribution in [0, 0.1) is 0 Å². The molecule has 0 spiro atoms. The Hall–Kier alpha value is -3.67. The zero-order chi connectivity index (χ0) is 19.8. The molecular weight excluding hydrogens is 354 g/mol. The summed E-state index contributed by atoms with van der Waals surface area (Å²) < 4.78 is 11.2. The number of benzene rings is 2. The third-order valence-corrected chi connectivity index (χ3v) is 3.90. The van der Waals surface area contributed by atoms with Crippen molar-refractivity contribution in [3.05, 3.63) is 79.0 Å². The fourth-order valence-corrected chi connectivity index (χ4v) is 2.48. The lowest BCUT2D eigenvalue weighted by Crippen LogP contribution is -2.33. The minimum atomic E-state index is -0.723. The summed E-state index contributed by atoms with van der Waals surface area (Å²) in [6.07, 6.45) is 4.21. The lowest BCUT2D eigenvalue weighted by Gasteiger charge is -2.14. The molecule has 2 aromatic carbocycles. The van der Waals surface area contributed by atoms with E-state index in [2.05, 4.69) is 22.1 Å². The van der Waals surface area contributed by atoms with Gasteiger partial charge in [-0.1, -0.05) is 30.9 Å². The standard InChI is InChI=1S/C22H21N3O3/c1-3-14-27-19-11-9-17(10-12-19)15-24-25-22(26)16(2)28-20-8-4-6-18-7-5-13-23-21(18)20/h3-13,15-16H,1,14H2,2H3,(H,25,26). The van der Waals surface area contributed by atoms with Crippen LogP contribution in [0.3, 0.4) is 0 Å². The van der Waals surface area contributed by atoms with Crippen molar-refractivity contribution in [1.82, 2.24) is 10.4 Å². The van der Waals surface area contributed by atoms with Crippen LogP contribution in [0.1, 0.15) is 12.5 Å². The van der Waals surface area contributed by atoms with Gasteiger partial charge in [-0.15, -0.1) is 0 Å². The van der Waals surface area contributed by atoms with E-state index in [1.807, 2.05) is 48.5 Å². The maximum atomic E-state index is 12.2. The second-order valence-electron chi connectivity index (χ2n) is 5.99. The number of hydrogen-bond donors (Lipinski definition) is 1. The van der Waals surface area contributed by atoms with Crippen molar-refractivity contribution < 1.29 is 14.3 Å². The second-order valence-corrected chi connectivity index (χ2v) is 5.99. The Morgan fingerprint density at radius 1 is 1.21 bits per heavy atom. The van der Waals surface area contributed by atoms with Gasteiger partial charge in [0.1, 0.15) is 23.6 Å². The highest BCUT2D eigenvalue weighted by molar-refractivity contribution is 5.86. The number of nitrogens with zero attached hydrogens (tertiary/aromatic N) is 2. The predicted molar refractivity (Wildman–Crippen MR) is 110 cm³/mol. The van der Waals surface area contributed by atoms with Gasteiger partial charge in [-0.3, -0.25) is 9.78 Å². The average Bonchev–Trinajstić information content (AvgIpc) is 2.73. The maximum Gasteiger partial charge on any atom is 0.280 e. The Bertz CT molecular complexity index is 978. The number of carbonyl (C=O) groups excluding carboxylic acids is 1. The van der Waals surface area contributed by atoms with Crippen molar-refractivity contribution in [3.8, 4) is 11.5 Å². The number of hydrazone groups is 1. The summed E-state index contributed by atoms with van der Waals surface area (Å²) in [4.78, 5) is 16.6. The Morgan fingerprint density at radius 2 is 2.00 bits per heavy atom. The van der Waals surface area contributed by atoms with Crippen LogP contribution in [-0.4, -0.2) is 29.8 Å². The van der Waals surface area contributed by atoms with Gasteiger partial charge in [-0.05, 0) is 48.9 Å². The number of para-hydroxylation sites is 1. The fourth-order valence-electron chi connectivity index (χ4n) is 2.48. The third-order valence-electron chi connectivity index (χ3n) is 3.90. The summed E-state index contributed by atoms with van der Waals surface area (Å²) in [6.45, 7) is 5.72. The molecule has 0 radical (unpaired) electrons. The summed E-state index contributed by atoms with van der Waals surface area (Å²) in [6, 6.07) is 16.7. The van der Waals surface area contributed by atoms with E-state index in [0.29, 0.717) is 17.9 Å². The van der Waals surface area contributed by atoms with E-state index in [-0.39, 0.29) is 5.91 Å².